The molecule has 0 amide bonds. The third-order valence-electron chi connectivity index (χ3n) is 12.7. The first kappa shape index (κ1) is 25.4. The fraction of sp³-hybridized carbons (Fsp3) is 0.862. The SMILES string of the molecule is C[C@]12CC[C@@H](O)[C@](C)(C(=O)O)[C@@H]1CC[C@@]1(C)C3=CC(=O)[C@@H]4[C@](C)(CC[C@@H](O)[C@]4(C)CO)[C@H]3CC[C@H]21. The van der Waals surface area contributed by atoms with Crippen LogP contribution in [-0.4, -0.2) is 51.0 Å². The van der Waals surface area contributed by atoms with Crippen molar-refractivity contribution in [3.63, 3.8) is 0 Å². The Morgan fingerprint density at radius 3 is 2.14 bits per heavy atom. The molecule has 35 heavy (non-hydrogen) atoms. The Balaban J connectivity index is 1.58. The van der Waals surface area contributed by atoms with E-state index in [9.17, 15) is 30.0 Å². The van der Waals surface area contributed by atoms with Gasteiger partial charge in [0.1, 0.15) is 0 Å². The summed E-state index contributed by atoms with van der Waals surface area (Å²) in [5.41, 5.74) is -1.46. The second-order valence-corrected chi connectivity index (χ2v) is 14.0. The number of carbonyl (C=O) groups is 2. The summed E-state index contributed by atoms with van der Waals surface area (Å²) < 4.78 is 0. The molecule has 4 N–H and O–H groups in total. The first-order valence-electron chi connectivity index (χ1n) is 13.7. The Labute approximate surface area is 209 Å². The van der Waals surface area contributed by atoms with E-state index < -0.39 is 34.9 Å². The molecule has 0 aliphatic heterocycles. The highest BCUT2D eigenvalue weighted by Crippen LogP contribution is 2.72. The lowest BCUT2D eigenvalue weighted by Gasteiger charge is -2.68. The van der Waals surface area contributed by atoms with Crippen LogP contribution in [0.3, 0.4) is 0 Å². The second kappa shape index (κ2) is 7.64. The van der Waals surface area contributed by atoms with Crippen molar-refractivity contribution in [2.45, 2.75) is 98.2 Å². The highest BCUT2D eigenvalue weighted by Gasteiger charge is 2.69. The Bertz CT molecular complexity index is 974. The van der Waals surface area contributed by atoms with Crippen molar-refractivity contribution >= 4 is 11.8 Å². The molecule has 4 fully saturated rings. The number of carboxylic acid groups (broad SMARTS) is 1. The van der Waals surface area contributed by atoms with Crippen LogP contribution in [0, 0.1) is 50.7 Å². The summed E-state index contributed by atoms with van der Waals surface area (Å²) in [6, 6.07) is 0. The molecule has 0 aromatic rings. The number of rotatable bonds is 2. The van der Waals surface area contributed by atoms with Crippen LogP contribution in [0.2, 0.25) is 0 Å². The zero-order valence-corrected chi connectivity index (χ0v) is 22.0. The maximum absolute atomic E-state index is 13.8. The van der Waals surface area contributed by atoms with Gasteiger partial charge in [0.05, 0.1) is 24.2 Å². The van der Waals surface area contributed by atoms with Gasteiger partial charge >= 0.3 is 5.97 Å². The highest BCUT2D eigenvalue weighted by atomic mass is 16.4. The number of aliphatic carboxylic acids is 1. The summed E-state index contributed by atoms with van der Waals surface area (Å²) in [7, 11) is 0. The molecule has 6 nitrogen and oxygen atoms in total. The monoisotopic (exact) mass is 488 g/mol. The number of aliphatic hydroxyl groups is 3. The number of ketones is 1. The van der Waals surface area contributed by atoms with Crippen LogP contribution < -0.4 is 0 Å². The van der Waals surface area contributed by atoms with Crippen molar-refractivity contribution in [3.8, 4) is 0 Å². The van der Waals surface area contributed by atoms with Crippen molar-refractivity contribution in [2.24, 2.45) is 50.7 Å². The molecule has 5 aliphatic carbocycles. The maximum Gasteiger partial charge on any atom is 0.312 e. The number of carboxylic acids is 1. The minimum Gasteiger partial charge on any atom is -0.481 e. The van der Waals surface area contributed by atoms with Crippen molar-refractivity contribution in [1.29, 1.82) is 0 Å². The third-order valence-corrected chi connectivity index (χ3v) is 12.7. The largest absolute Gasteiger partial charge is 0.481 e. The van der Waals surface area contributed by atoms with E-state index in [4.69, 9.17) is 0 Å². The van der Waals surface area contributed by atoms with Crippen molar-refractivity contribution in [2.75, 3.05) is 6.61 Å². The van der Waals surface area contributed by atoms with Crippen LogP contribution in [0.1, 0.15) is 86.0 Å². The fourth-order valence-corrected chi connectivity index (χ4v) is 10.7. The van der Waals surface area contributed by atoms with Gasteiger partial charge in [-0.25, -0.2) is 0 Å². The van der Waals surface area contributed by atoms with Gasteiger partial charge in [-0.1, -0.05) is 33.3 Å². The summed E-state index contributed by atoms with van der Waals surface area (Å²) in [4.78, 5) is 26.3. The van der Waals surface area contributed by atoms with Crippen LogP contribution in [-0.2, 0) is 9.59 Å². The van der Waals surface area contributed by atoms with E-state index in [0.717, 1.165) is 38.5 Å². The molecular formula is C29H44O6. The zero-order valence-electron chi connectivity index (χ0n) is 22.0. The lowest BCUT2D eigenvalue weighted by atomic mass is 9.36. The molecule has 0 spiro atoms. The Morgan fingerprint density at radius 2 is 1.51 bits per heavy atom. The molecule has 196 valence electrons. The van der Waals surface area contributed by atoms with Gasteiger partial charge in [0.25, 0.3) is 0 Å². The molecular weight excluding hydrogens is 444 g/mol. The fourth-order valence-electron chi connectivity index (χ4n) is 10.7. The van der Waals surface area contributed by atoms with Crippen LogP contribution in [0.25, 0.3) is 0 Å². The average molecular weight is 489 g/mol. The molecule has 0 heterocycles. The molecule has 0 unspecified atom stereocenters. The number of carbonyl (C=O) groups excluding carboxylic acids is 1. The third kappa shape index (κ3) is 2.94. The molecule has 0 aromatic heterocycles. The average Bonchev–Trinajstić information content (AvgIpc) is 2.79. The Morgan fingerprint density at radius 1 is 0.886 bits per heavy atom. The molecule has 11 atom stereocenters. The molecule has 4 saturated carbocycles. The molecule has 0 saturated heterocycles. The van der Waals surface area contributed by atoms with E-state index in [1.54, 1.807) is 6.92 Å². The smallest absolute Gasteiger partial charge is 0.312 e. The molecule has 6 heteroatoms. The predicted octanol–water partition coefficient (Wildman–Crippen LogP) is 3.97. The van der Waals surface area contributed by atoms with Crippen LogP contribution >= 0.6 is 0 Å². The van der Waals surface area contributed by atoms with Crippen LogP contribution in [0.15, 0.2) is 11.6 Å². The van der Waals surface area contributed by atoms with Gasteiger partial charge in [-0.3, -0.25) is 9.59 Å². The second-order valence-electron chi connectivity index (χ2n) is 14.0. The Kier molecular flexibility index (Phi) is 5.55. The molecule has 0 radical (unpaired) electrons. The van der Waals surface area contributed by atoms with Gasteiger partial charge in [-0.05, 0) is 98.4 Å². The highest BCUT2D eigenvalue weighted by molar-refractivity contribution is 5.95. The summed E-state index contributed by atoms with van der Waals surface area (Å²) in [5.74, 6) is -0.873. The lowest BCUT2D eigenvalue weighted by Crippen LogP contribution is -2.65. The topological polar surface area (TPSA) is 115 Å². The first-order chi connectivity index (χ1) is 16.2. The number of hydrogen-bond acceptors (Lipinski definition) is 5. The summed E-state index contributed by atoms with van der Waals surface area (Å²) >= 11 is 0. The standard InChI is InChI=1S/C29H44O6/c1-25-11-8-20-27(3,13-10-22(33)29(20,5)24(34)35)19(25)7-6-16-17(25)14-18(31)23-26(16,2)12-9-21(32)28(23,4)15-30/h14,16,19-23,30,32-33H,6-13,15H2,1-5H3,(H,34,35)/t16-,19-,20+,21+,22+,23+,25-,26+,27+,28-,29+/m0/s1. The quantitative estimate of drug-likeness (QED) is 0.468. The number of fused-ring (bicyclic) bond motifs is 7. The minimum atomic E-state index is -1.15. The van der Waals surface area contributed by atoms with Crippen molar-refractivity contribution in [3.05, 3.63) is 11.6 Å². The van der Waals surface area contributed by atoms with Crippen molar-refractivity contribution in [1.82, 2.24) is 0 Å². The summed E-state index contributed by atoms with van der Waals surface area (Å²) in [6.07, 6.45) is 6.50. The predicted molar refractivity (Wildman–Crippen MR) is 131 cm³/mol. The van der Waals surface area contributed by atoms with Gasteiger partial charge in [-0.15, -0.1) is 0 Å². The number of hydrogen-bond donors (Lipinski definition) is 4. The lowest BCUT2D eigenvalue weighted by molar-refractivity contribution is -0.205. The van der Waals surface area contributed by atoms with Gasteiger partial charge in [0, 0.05) is 11.3 Å². The van der Waals surface area contributed by atoms with Crippen LogP contribution in [0.5, 0.6) is 0 Å². The molecule has 0 aromatic carbocycles. The van der Waals surface area contributed by atoms with Gasteiger partial charge in [0.2, 0.25) is 0 Å². The van der Waals surface area contributed by atoms with E-state index >= 15 is 0 Å². The summed E-state index contributed by atoms with van der Waals surface area (Å²) in [6.45, 7) is 10.2. The van der Waals surface area contributed by atoms with Crippen molar-refractivity contribution < 1.29 is 30.0 Å². The molecule has 5 rings (SSSR count). The van der Waals surface area contributed by atoms with Gasteiger partial charge in [0.15, 0.2) is 5.78 Å². The Hall–Kier alpha value is -1.24. The summed E-state index contributed by atoms with van der Waals surface area (Å²) in [5, 5.41) is 42.1. The van der Waals surface area contributed by atoms with E-state index in [2.05, 4.69) is 20.8 Å². The molecule has 5 aliphatic rings. The van der Waals surface area contributed by atoms with E-state index in [-0.39, 0.29) is 46.4 Å². The number of allylic oxidation sites excluding steroid dienone is 2. The first-order valence-corrected chi connectivity index (χ1v) is 13.7. The minimum absolute atomic E-state index is 0.0395. The number of aliphatic hydroxyl groups excluding tert-OH is 3. The maximum atomic E-state index is 13.8. The van der Waals surface area contributed by atoms with Crippen LogP contribution in [0.4, 0.5) is 0 Å². The van der Waals surface area contributed by atoms with Gasteiger partial charge in [-0.2, -0.15) is 0 Å². The normalized spacial score (nSPS) is 55.7. The van der Waals surface area contributed by atoms with E-state index in [0.29, 0.717) is 12.8 Å². The molecule has 0 bridgehead atoms. The van der Waals surface area contributed by atoms with E-state index in [1.165, 1.54) is 5.57 Å². The van der Waals surface area contributed by atoms with Gasteiger partial charge < -0.3 is 20.4 Å². The zero-order chi connectivity index (χ0) is 25.8. The van der Waals surface area contributed by atoms with E-state index in [1.807, 2.05) is 13.0 Å².